The van der Waals surface area contributed by atoms with Gasteiger partial charge in [-0.15, -0.1) is 0 Å². The van der Waals surface area contributed by atoms with Gasteiger partial charge in [0.2, 0.25) is 0 Å². The van der Waals surface area contributed by atoms with E-state index < -0.39 is 0 Å². The third-order valence-corrected chi connectivity index (χ3v) is 1.53. The molecule has 64 valence electrons. The van der Waals surface area contributed by atoms with Crippen molar-refractivity contribution in [3.05, 3.63) is 24.1 Å². The highest BCUT2D eigenvalue weighted by molar-refractivity contribution is 5.97. The number of hydrogen-bond acceptors (Lipinski definition) is 3. The lowest BCUT2D eigenvalue weighted by atomic mass is 10.1. The van der Waals surface area contributed by atoms with E-state index in [0.29, 0.717) is 24.5 Å². The highest BCUT2D eigenvalue weighted by Gasteiger charge is 2.18. The summed E-state index contributed by atoms with van der Waals surface area (Å²) in [5.74, 6) is 0.513. The smallest absolute Gasteiger partial charge is 0.188 e. The number of hydrogen-bond donors (Lipinski definition) is 0. The Balaban J connectivity index is 3.03. The number of carbonyl (C=O) groups excluding carboxylic acids is 1. The van der Waals surface area contributed by atoms with Crippen LogP contribution < -0.4 is 0 Å². The highest BCUT2D eigenvalue weighted by Crippen LogP contribution is 2.17. The molecule has 0 aromatic rings. The zero-order valence-corrected chi connectivity index (χ0v) is 7.04. The van der Waals surface area contributed by atoms with Gasteiger partial charge in [-0.2, -0.15) is 0 Å². The standard InChI is InChI=1S/C9H11NO2/c1-3-8-9(10-4-2)7(11)5-6-12-8/h3-4H,1,5-6H2,2H3. The van der Waals surface area contributed by atoms with Crippen LogP contribution in [-0.2, 0) is 9.53 Å². The largest absolute Gasteiger partial charge is 0.491 e. The lowest BCUT2D eigenvalue weighted by Crippen LogP contribution is -2.14. The van der Waals surface area contributed by atoms with Gasteiger partial charge in [-0.1, -0.05) is 6.58 Å². The minimum atomic E-state index is 0.0225. The summed E-state index contributed by atoms with van der Waals surface area (Å²) in [6, 6.07) is 0. The van der Waals surface area contributed by atoms with E-state index in [2.05, 4.69) is 11.6 Å². The topological polar surface area (TPSA) is 38.7 Å². The number of rotatable bonds is 2. The fourth-order valence-corrected chi connectivity index (χ4v) is 0.998. The van der Waals surface area contributed by atoms with E-state index in [1.165, 1.54) is 6.08 Å². The molecule has 0 spiro atoms. The second kappa shape index (κ2) is 3.85. The van der Waals surface area contributed by atoms with Crippen molar-refractivity contribution in [2.24, 2.45) is 4.99 Å². The van der Waals surface area contributed by atoms with Crippen LogP contribution in [0.4, 0.5) is 0 Å². The molecule has 0 fully saturated rings. The number of ketones is 1. The quantitative estimate of drug-likeness (QED) is 0.581. The molecule has 0 saturated heterocycles. The summed E-state index contributed by atoms with van der Waals surface area (Å²) in [5.41, 5.74) is 0.388. The van der Waals surface area contributed by atoms with Crippen LogP contribution in [0, 0.1) is 0 Å². The van der Waals surface area contributed by atoms with Crippen molar-refractivity contribution in [1.29, 1.82) is 0 Å². The van der Waals surface area contributed by atoms with Crippen LogP contribution in [0.5, 0.6) is 0 Å². The molecule has 1 heterocycles. The maximum Gasteiger partial charge on any atom is 0.188 e. The van der Waals surface area contributed by atoms with E-state index in [1.54, 1.807) is 13.1 Å². The Morgan fingerprint density at radius 1 is 1.67 bits per heavy atom. The first-order chi connectivity index (χ1) is 5.79. The summed E-state index contributed by atoms with van der Waals surface area (Å²) in [6.45, 7) is 5.74. The van der Waals surface area contributed by atoms with E-state index in [4.69, 9.17) is 4.74 Å². The van der Waals surface area contributed by atoms with Gasteiger partial charge in [0.15, 0.2) is 5.78 Å². The van der Waals surface area contributed by atoms with Crippen molar-refractivity contribution in [3.8, 4) is 0 Å². The maximum absolute atomic E-state index is 11.3. The number of carbonyl (C=O) groups is 1. The van der Waals surface area contributed by atoms with Gasteiger partial charge in [-0.25, -0.2) is 0 Å². The molecule has 0 aromatic carbocycles. The van der Waals surface area contributed by atoms with Crippen LogP contribution in [0.2, 0.25) is 0 Å². The van der Waals surface area contributed by atoms with Crippen LogP contribution in [0.3, 0.4) is 0 Å². The molecule has 1 aliphatic rings. The maximum atomic E-state index is 11.3. The number of aliphatic imine (C=N–C) groups is 1. The van der Waals surface area contributed by atoms with E-state index in [9.17, 15) is 4.79 Å². The van der Waals surface area contributed by atoms with Crippen molar-refractivity contribution in [1.82, 2.24) is 0 Å². The highest BCUT2D eigenvalue weighted by atomic mass is 16.5. The Morgan fingerprint density at radius 3 is 3.00 bits per heavy atom. The summed E-state index contributed by atoms with van der Waals surface area (Å²) in [5, 5.41) is 0. The number of nitrogens with zero attached hydrogens (tertiary/aromatic N) is 1. The third-order valence-electron chi connectivity index (χ3n) is 1.53. The van der Waals surface area contributed by atoms with Crippen LogP contribution in [0.25, 0.3) is 0 Å². The SMILES string of the molecule is C=CC1=C(N=CC)C(=O)CCO1. The third kappa shape index (κ3) is 1.61. The molecular formula is C9H11NO2. The number of Topliss-reactive ketones (excluding diaryl/α,β-unsaturated/α-hetero) is 1. The normalized spacial score (nSPS) is 18.2. The van der Waals surface area contributed by atoms with Crippen molar-refractivity contribution in [2.75, 3.05) is 6.61 Å². The molecule has 3 heteroatoms. The van der Waals surface area contributed by atoms with Crippen LogP contribution in [0.15, 0.2) is 29.1 Å². The number of ether oxygens (including phenoxy) is 1. The summed E-state index contributed by atoms with van der Waals surface area (Å²) in [4.78, 5) is 15.2. The molecule has 1 rings (SSSR count). The van der Waals surface area contributed by atoms with E-state index in [1.807, 2.05) is 0 Å². The van der Waals surface area contributed by atoms with E-state index >= 15 is 0 Å². The second-order valence-electron chi connectivity index (χ2n) is 2.33. The first kappa shape index (κ1) is 8.71. The molecular weight excluding hydrogens is 154 g/mol. The van der Waals surface area contributed by atoms with Gasteiger partial charge in [-0.05, 0) is 13.0 Å². The van der Waals surface area contributed by atoms with Crippen LogP contribution in [-0.4, -0.2) is 18.6 Å². The summed E-state index contributed by atoms with van der Waals surface area (Å²) >= 11 is 0. The Hall–Kier alpha value is -1.38. The van der Waals surface area contributed by atoms with Gasteiger partial charge >= 0.3 is 0 Å². The van der Waals surface area contributed by atoms with Crippen molar-refractivity contribution >= 4 is 12.0 Å². The lowest BCUT2D eigenvalue weighted by molar-refractivity contribution is -0.117. The van der Waals surface area contributed by atoms with Gasteiger partial charge in [0.25, 0.3) is 0 Å². The van der Waals surface area contributed by atoms with Gasteiger partial charge in [0.05, 0.1) is 6.61 Å². The van der Waals surface area contributed by atoms with Crippen LogP contribution in [0.1, 0.15) is 13.3 Å². The predicted molar refractivity (Wildman–Crippen MR) is 47.0 cm³/mol. The predicted octanol–water partition coefficient (Wildman–Crippen LogP) is 1.46. The molecule has 1 aliphatic heterocycles. The molecule has 12 heavy (non-hydrogen) atoms. The molecule has 0 aromatic heterocycles. The van der Waals surface area contributed by atoms with Gasteiger partial charge in [-0.3, -0.25) is 9.79 Å². The summed E-state index contributed by atoms with van der Waals surface area (Å²) < 4.78 is 5.19. The molecule has 0 amide bonds. The molecule has 3 nitrogen and oxygen atoms in total. The minimum absolute atomic E-state index is 0.0225. The Morgan fingerprint density at radius 2 is 2.42 bits per heavy atom. The van der Waals surface area contributed by atoms with Crippen molar-refractivity contribution in [2.45, 2.75) is 13.3 Å². The fraction of sp³-hybridized carbons (Fsp3) is 0.333. The molecule has 0 atom stereocenters. The van der Waals surface area contributed by atoms with Gasteiger partial charge in [0.1, 0.15) is 11.5 Å². The van der Waals surface area contributed by atoms with E-state index in [-0.39, 0.29) is 5.78 Å². The molecule has 0 saturated carbocycles. The molecule has 0 radical (unpaired) electrons. The minimum Gasteiger partial charge on any atom is -0.491 e. The summed E-state index contributed by atoms with van der Waals surface area (Å²) in [6.07, 6.45) is 3.49. The van der Waals surface area contributed by atoms with Crippen molar-refractivity contribution < 1.29 is 9.53 Å². The first-order valence-corrected chi connectivity index (χ1v) is 3.81. The average molecular weight is 165 g/mol. The Kier molecular flexibility index (Phi) is 2.80. The average Bonchev–Trinajstić information content (AvgIpc) is 2.09. The monoisotopic (exact) mass is 165 g/mol. The molecule has 0 unspecified atom stereocenters. The fourth-order valence-electron chi connectivity index (χ4n) is 0.998. The second-order valence-corrected chi connectivity index (χ2v) is 2.33. The number of allylic oxidation sites excluding steroid dienone is 2. The van der Waals surface area contributed by atoms with Gasteiger partial charge < -0.3 is 4.74 Å². The van der Waals surface area contributed by atoms with E-state index in [0.717, 1.165) is 0 Å². The lowest BCUT2D eigenvalue weighted by Gasteiger charge is -2.14. The summed E-state index contributed by atoms with van der Waals surface area (Å²) in [7, 11) is 0. The Labute approximate surface area is 71.4 Å². The molecule has 0 N–H and O–H groups in total. The zero-order chi connectivity index (χ0) is 8.97. The Bertz CT molecular complexity index is 264. The molecule has 0 bridgehead atoms. The van der Waals surface area contributed by atoms with Gasteiger partial charge in [0, 0.05) is 12.6 Å². The van der Waals surface area contributed by atoms with Crippen LogP contribution >= 0.6 is 0 Å². The molecule has 0 aliphatic carbocycles. The van der Waals surface area contributed by atoms with Crippen molar-refractivity contribution in [3.63, 3.8) is 0 Å². The first-order valence-electron chi connectivity index (χ1n) is 3.81. The zero-order valence-electron chi connectivity index (χ0n) is 7.04.